The third kappa shape index (κ3) is 5.33. The van der Waals surface area contributed by atoms with E-state index in [2.05, 4.69) is 11.4 Å². The predicted molar refractivity (Wildman–Crippen MR) is 149 cm³/mol. The van der Waals surface area contributed by atoms with Gasteiger partial charge in [-0.1, -0.05) is 36.8 Å². The first kappa shape index (κ1) is 27.4. The molecule has 4 rings (SSSR count). The lowest BCUT2D eigenvalue weighted by Crippen LogP contribution is -2.49. The highest BCUT2D eigenvalue weighted by molar-refractivity contribution is 7.89. The van der Waals surface area contributed by atoms with Crippen LogP contribution in [-0.2, 0) is 21.2 Å². The zero-order valence-corrected chi connectivity index (χ0v) is 24.1. The molecule has 0 bridgehead atoms. The van der Waals surface area contributed by atoms with Gasteiger partial charge >= 0.3 is 0 Å². The van der Waals surface area contributed by atoms with Gasteiger partial charge < -0.3 is 9.64 Å². The van der Waals surface area contributed by atoms with Gasteiger partial charge in [-0.25, -0.2) is 8.42 Å². The Morgan fingerprint density at radius 3 is 2.38 bits per heavy atom. The van der Waals surface area contributed by atoms with E-state index in [0.717, 1.165) is 28.9 Å². The van der Waals surface area contributed by atoms with Crippen molar-refractivity contribution >= 4 is 27.3 Å². The summed E-state index contributed by atoms with van der Waals surface area (Å²) in [6.07, 6.45) is 1.37. The summed E-state index contributed by atoms with van der Waals surface area (Å²) in [5, 5.41) is 2.06. The molecule has 2 heterocycles. The summed E-state index contributed by atoms with van der Waals surface area (Å²) in [4.78, 5) is 17.4. The molecule has 1 aliphatic heterocycles. The van der Waals surface area contributed by atoms with Crippen LogP contribution in [0.4, 0.5) is 0 Å². The Balaban J connectivity index is 1.71. The van der Waals surface area contributed by atoms with Crippen LogP contribution in [0.3, 0.4) is 0 Å². The Morgan fingerprint density at radius 1 is 1.14 bits per heavy atom. The Morgan fingerprint density at radius 2 is 1.78 bits per heavy atom. The molecule has 2 atom stereocenters. The summed E-state index contributed by atoms with van der Waals surface area (Å²) in [5.41, 5.74) is 4.52. The van der Waals surface area contributed by atoms with Gasteiger partial charge in [-0.15, -0.1) is 11.3 Å². The van der Waals surface area contributed by atoms with E-state index in [9.17, 15) is 13.2 Å². The maximum absolute atomic E-state index is 14.0. The molecule has 0 N–H and O–H groups in total. The molecule has 0 spiro atoms. The molecule has 0 saturated carbocycles. The number of carbonyl (C=O) groups excluding carboxylic acids is 1. The van der Waals surface area contributed by atoms with Gasteiger partial charge in [-0.2, -0.15) is 4.31 Å². The van der Waals surface area contributed by atoms with E-state index in [1.807, 2.05) is 75.9 Å². The van der Waals surface area contributed by atoms with Gasteiger partial charge in [-0.3, -0.25) is 4.79 Å². The van der Waals surface area contributed by atoms with Crippen molar-refractivity contribution in [3.63, 3.8) is 0 Å². The molecule has 1 amide bonds. The standard InChI is InChI=1S/C29H36N2O4S2/c1-7-22(5)31(37(33,34)29-20(3)16-19(2)17-21(29)4)18-27(32)30-14-12-26-25(13-15-36-26)28(30)23-8-10-24(35-6)11-9-23/h8-11,13,15-17,22,28H,7,12,14,18H2,1-6H3. The monoisotopic (exact) mass is 540 g/mol. The Hall–Kier alpha value is -2.68. The zero-order valence-electron chi connectivity index (χ0n) is 22.4. The summed E-state index contributed by atoms with van der Waals surface area (Å²) in [7, 11) is -2.26. The van der Waals surface area contributed by atoms with E-state index in [-0.39, 0.29) is 24.5 Å². The van der Waals surface area contributed by atoms with Crippen molar-refractivity contribution in [2.24, 2.45) is 0 Å². The minimum Gasteiger partial charge on any atom is -0.497 e. The normalized spacial score (nSPS) is 16.5. The van der Waals surface area contributed by atoms with Gasteiger partial charge in [0.05, 0.1) is 24.6 Å². The molecule has 198 valence electrons. The molecule has 3 aromatic rings. The topological polar surface area (TPSA) is 66.9 Å². The average Bonchev–Trinajstić information content (AvgIpc) is 3.34. The fourth-order valence-electron chi connectivity index (χ4n) is 5.33. The minimum atomic E-state index is -3.89. The van der Waals surface area contributed by atoms with Crippen LogP contribution in [-0.4, -0.2) is 49.8 Å². The van der Waals surface area contributed by atoms with Crippen LogP contribution in [0, 0.1) is 20.8 Å². The van der Waals surface area contributed by atoms with Gasteiger partial charge in [-0.05, 0) is 86.4 Å². The fourth-order valence-corrected chi connectivity index (χ4v) is 8.30. The molecule has 0 aliphatic carbocycles. The molecule has 0 fully saturated rings. The lowest BCUT2D eigenvalue weighted by Gasteiger charge is -2.38. The van der Waals surface area contributed by atoms with E-state index in [1.165, 1.54) is 9.18 Å². The summed E-state index contributed by atoms with van der Waals surface area (Å²) in [6, 6.07) is 13.0. The maximum atomic E-state index is 14.0. The van der Waals surface area contributed by atoms with E-state index in [4.69, 9.17) is 4.74 Å². The summed E-state index contributed by atoms with van der Waals surface area (Å²) < 4.78 is 34.8. The van der Waals surface area contributed by atoms with Crippen molar-refractivity contribution in [3.05, 3.63) is 80.5 Å². The quantitative estimate of drug-likeness (QED) is 0.371. The van der Waals surface area contributed by atoms with Crippen LogP contribution in [0.2, 0.25) is 0 Å². The lowest BCUT2D eigenvalue weighted by atomic mass is 9.93. The number of hydrogen-bond donors (Lipinski definition) is 0. The fraction of sp³-hybridized carbons (Fsp3) is 0.414. The summed E-state index contributed by atoms with van der Waals surface area (Å²) in [5.74, 6) is 0.560. The zero-order chi connectivity index (χ0) is 26.9. The van der Waals surface area contributed by atoms with E-state index >= 15 is 0 Å². The first-order valence-electron chi connectivity index (χ1n) is 12.7. The maximum Gasteiger partial charge on any atom is 0.244 e. The van der Waals surface area contributed by atoms with Gasteiger partial charge in [0, 0.05) is 17.5 Å². The number of ether oxygens (including phenoxy) is 1. The number of aryl methyl sites for hydroxylation is 3. The van der Waals surface area contributed by atoms with Crippen LogP contribution in [0.25, 0.3) is 0 Å². The molecule has 2 unspecified atom stereocenters. The van der Waals surface area contributed by atoms with E-state index in [0.29, 0.717) is 29.0 Å². The van der Waals surface area contributed by atoms with Crippen LogP contribution >= 0.6 is 11.3 Å². The number of nitrogens with zero attached hydrogens (tertiary/aromatic N) is 2. The van der Waals surface area contributed by atoms with Crippen molar-refractivity contribution in [1.29, 1.82) is 0 Å². The third-order valence-electron chi connectivity index (χ3n) is 7.26. The molecular weight excluding hydrogens is 504 g/mol. The Bertz CT molecular complexity index is 1360. The molecule has 2 aromatic carbocycles. The predicted octanol–water partition coefficient (Wildman–Crippen LogP) is 5.65. The Kier molecular flexibility index (Phi) is 8.11. The SMILES string of the molecule is CCC(C)N(CC(=O)N1CCc2sccc2C1c1ccc(OC)cc1)S(=O)(=O)c1c(C)cc(C)cc1C. The van der Waals surface area contributed by atoms with Crippen LogP contribution in [0.15, 0.2) is 52.7 Å². The molecule has 37 heavy (non-hydrogen) atoms. The largest absolute Gasteiger partial charge is 0.497 e. The highest BCUT2D eigenvalue weighted by Crippen LogP contribution is 2.38. The van der Waals surface area contributed by atoms with Gasteiger partial charge in [0.2, 0.25) is 15.9 Å². The number of carbonyl (C=O) groups is 1. The number of methoxy groups -OCH3 is 1. The molecule has 0 radical (unpaired) electrons. The molecule has 8 heteroatoms. The molecular formula is C29H36N2O4S2. The number of amides is 1. The van der Waals surface area contributed by atoms with Crippen LogP contribution in [0.5, 0.6) is 5.75 Å². The number of fused-ring (bicyclic) bond motifs is 1. The second-order valence-corrected chi connectivity index (χ2v) is 12.7. The van der Waals surface area contributed by atoms with Crippen molar-refractivity contribution in [2.75, 3.05) is 20.2 Å². The lowest BCUT2D eigenvalue weighted by molar-refractivity contribution is -0.133. The van der Waals surface area contributed by atoms with Gasteiger partial charge in [0.15, 0.2) is 0 Å². The highest BCUT2D eigenvalue weighted by Gasteiger charge is 2.37. The Labute approximate surface area is 224 Å². The number of benzene rings is 2. The second kappa shape index (κ2) is 11.0. The first-order valence-corrected chi connectivity index (χ1v) is 15.0. The van der Waals surface area contributed by atoms with Crippen molar-refractivity contribution < 1.29 is 17.9 Å². The minimum absolute atomic E-state index is 0.191. The van der Waals surface area contributed by atoms with Crippen LogP contribution in [0.1, 0.15) is 59.0 Å². The number of thiophene rings is 1. The summed E-state index contributed by atoms with van der Waals surface area (Å²) in [6.45, 7) is 9.78. The molecule has 0 saturated heterocycles. The van der Waals surface area contributed by atoms with Gasteiger partial charge in [0.1, 0.15) is 5.75 Å². The molecule has 6 nitrogen and oxygen atoms in total. The average molecular weight is 541 g/mol. The van der Waals surface area contributed by atoms with E-state index in [1.54, 1.807) is 18.4 Å². The molecule has 1 aliphatic rings. The van der Waals surface area contributed by atoms with Crippen molar-refractivity contribution in [3.8, 4) is 5.75 Å². The number of sulfonamides is 1. The van der Waals surface area contributed by atoms with Crippen LogP contribution < -0.4 is 4.74 Å². The first-order chi connectivity index (χ1) is 17.6. The summed E-state index contributed by atoms with van der Waals surface area (Å²) >= 11 is 1.70. The number of rotatable bonds is 8. The third-order valence-corrected chi connectivity index (χ3v) is 10.5. The second-order valence-electron chi connectivity index (χ2n) is 9.85. The van der Waals surface area contributed by atoms with Crippen molar-refractivity contribution in [2.45, 2.75) is 64.4 Å². The smallest absolute Gasteiger partial charge is 0.244 e. The van der Waals surface area contributed by atoms with Crippen molar-refractivity contribution in [1.82, 2.24) is 9.21 Å². The highest BCUT2D eigenvalue weighted by atomic mass is 32.2. The number of hydrogen-bond acceptors (Lipinski definition) is 5. The molecule has 1 aromatic heterocycles. The van der Waals surface area contributed by atoms with Gasteiger partial charge in [0.25, 0.3) is 0 Å². The van der Waals surface area contributed by atoms with E-state index < -0.39 is 10.0 Å².